The molecule has 0 aliphatic carbocycles. The number of carbonyl (C=O) groups is 4. The molecular weight excluding hydrogens is 1000 g/mol. The predicted molar refractivity (Wildman–Crippen MR) is 329 cm³/mol. The summed E-state index contributed by atoms with van der Waals surface area (Å²) in [5, 5.41) is 16.1. The van der Waals surface area contributed by atoms with Crippen molar-refractivity contribution in [3.63, 3.8) is 0 Å². The average molecular weight is 1130 g/mol. The van der Waals surface area contributed by atoms with Crippen LogP contribution in [0.15, 0.2) is 0 Å². The summed E-state index contributed by atoms with van der Waals surface area (Å²) in [6.07, 6.45) is 26.6. The van der Waals surface area contributed by atoms with Crippen LogP contribution in [-0.2, 0) is 38.1 Å². The van der Waals surface area contributed by atoms with E-state index in [9.17, 15) is 0 Å². The monoisotopic (exact) mass is 1130 g/mol. The molecule has 80 heavy (non-hydrogen) atoms. The van der Waals surface area contributed by atoms with Crippen LogP contribution < -0.4 is 21.3 Å². The van der Waals surface area contributed by atoms with E-state index in [1.54, 1.807) is 0 Å². The van der Waals surface area contributed by atoms with Crippen molar-refractivity contribution in [2.45, 2.75) is 398 Å². The van der Waals surface area contributed by atoms with Crippen LogP contribution in [0.4, 0.5) is 0 Å². The molecule has 4 rings (SSSR count). The fourth-order valence-electron chi connectivity index (χ4n) is 15.9. The van der Waals surface area contributed by atoms with E-state index in [0.29, 0.717) is 51.4 Å². The molecule has 466 valence electrons. The van der Waals surface area contributed by atoms with Gasteiger partial charge >= 0.3 is 23.9 Å². The SMILES string of the molecule is CCCCC1(C)CC(OC(=O)CC(C(=O)OC2CC(C)(CCCC)NC(C)(CCCC)C2)C(CC(=O)OC2CC(C)(CCCC)NC(C)(CCCC)C2)C(=O)OC2CC(C)(CCCC)NC(C)(CCCC)C2)CC(C)(CCCC)N1. The summed E-state index contributed by atoms with van der Waals surface area (Å²) in [4.78, 5) is 61.6. The van der Waals surface area contributed by atoms with E-state index in [0.717, 1.165) is 154 Å². The van der Waals surface area contributed by atoms with E-state index in [-0.39, 0.29) is 44.3 Å². The first-order valence-corrected chi connectivity index (χ1v) is 33.6. The number of ether oxygens (including phenoxy) is 4. The van der Waals surface area contributed by atoms with Crippen LogP contribution in [0.2, 0.25) is 0 Å². The summed E-state index contributed by atoms with van der Waals surface area (Å²) in [5.41, 5.74) is -2.17. The van der Waals surface area contributed by atoms with Crippen molar-refractivity contribution >= 4 is 23.9 Å². The summed E-state index contributed by atoms with van der Waals surface area (Å²) in [5.74, 6) is -5.08. The molecule has 4 fully saturated rings. The number of hydrogen-bond acceptors (Lipinski definition) is 12. The molecule has 4 heterocycles. The van der Waals surface area contributed by atoms with Crippen molar-refractivity contribution in [1.82, 2.24) is 21.3 Å². The molecular formula is C68H126N4O8. The van der Waals surface area contributed by atoms with Gasteiger partial charge in [0, 0.05) is 95.7 Å². The van der Waals surface area contributed by atoms with Crippen molar-refractivity contribution in [3.8, 4) is 0 Å². The molecule has 0 aromatic rings. The molecule has 0 aromatic carbocycles. The van der Waals surface area contributed by atoms with Gasteiger partial charge in [-0.1, -0.05) is 158 Å². The molecule has 12 heteroatoms. The lowest BCUT2D eigenvalue weighted by molar-refractivity contribution is -0.178. The van der Waals surface area contributed by atoms with E-state index in [4.69, 9.17) is 18.9 Å². The van der Waals surface area contributed by atoms with Gasteiger partial charge in [0.15, 0.2) is 0 Å². The highest BCUT2D eigenvalue weighted by molar-refractivity contribution is 5.89. The van der Waals surface area contributed by atoms with Crippen LogP contribution in [0, 0.1) is 11.8 Å². The second-order valence-corrected chi connectivity index (χ2v) is 29.4. The van der Waals surface area contributed by atoms with Gasteiger partial charge in [-0.3, -0.25) is 19.2 Å². The van der Waals surface area contributed by atoms with Crippen LogP contribution in [0.25, 0.3) is 0 Å². The van der Waals surface area contributed by atoms with Crippen molar-refractivity contribution in [1.29, 1.82) is 0 Å². The molecule has 10 unspecified atom stereocenters. The second kappa shape index (κ2) is 31.7. The van der Waals surface area contributed by atoms with Crippen molar-refractivity contribution in [2.75, 3.05) is 0 Å². The van der Waals surface area contributed by atoms with Gasteiger partial charge in [-0.25, -0.2) is 0 Å². The second-order valence-electron chi connectivity index (χ2n) is 29.4. The smallest absolute Gasteiger partial charge is 0.310 e. The number of nitrogens with one attached hydrogen (secondary N) is 4. The number of unbranched alkanes of at least 4 members (excludes halogenated alkanes) is 8. The number of rotatable bonds is 35. The van der Waals surface area contributed by atoms with E-state index in [1.165, 1.54) is 0 Å². The minimum Gasteiger partial charge on any atom is -0.462 e. The van der Waals surface area contributed by atoms with Gasteiger partial charge in [-0.05, 0) is 107 Å². The van der Waals surface area contributed by atoms with E-state index in [2.05, 4.69) is 132 Å². The first-order valence-electron chi connectivity index (χ1n) is 33.6. The number of esters is 4. The molecule has 0 radical (unpaired) electrons. The molecule has 0 bridgehead atoms. The summed E-state index contributed by atoms with van der Waals surface area (Å²) in [6, 6.07) is 0. The largest absolute Gasteiger partial charge is 0.462 e. The lowest BCUT2D eigenvalue weighted by atomic mass is 9.74. The van der Waals surface area contributed by atoms with Crippen LogP contribution >= 0.6 is 0 Å². The topological polar surface area (TPSA) is 153 Å². The molecule has 0 spiro atoms. The normalized spacial score (nSPS) is 35.5. The minimum atomic E-state index is -1.35. The fraction of sp³-hybridized carbons (Fsp3) is 0.941. The third kappa shape index (κ3) is 22.3. The Bertz CT molecular complexity index is 1680. The first-order chi connectivity index (χ1) is 37.6. The highest BCUT2D eigenvalue weighted by atomic mass is 16.6. The summed E-state index contributed by atoms with van der Waals surface area (Å²) in [6.45, 7) is 35.7. The van der Waals surface area contributed by atoms with E-state index < -0.39 is 73.0 Å². The quantitative estimate of drug-likeness (QED) is 0.0353. The highest BCUT2D eigenvalue weighted by Crippen LogP contribution is 2.43. The van der Waals surface area contributed by atoms with Gasteiger partial charge in [-0.2, -0.15) is 0 Å². The van der Waals surface area contributed by atoms with E-state index >= 15 is 19.2 Å². The maximum Gasteiger partial charge on any atom is 0.310 e. The lowest BCUT2D eigenvalue weighted by Crippen LogP contribution is -2.63. The molecule has 4 saturated heterocycles. The zero-order valence-corrected chi connectivity index (χ0v) is 54.8. The van der Waals surface area contributed by atoms with Crippen LogP contribution in [0.1, 0.15) is 329 Å². The molecule has 12 nitrogen and oxygen atoms in total. The van der Waals surface area contributed by atoms with Gasteiger partial charge in [-0.15, -0.1) is 0 Å². The standard InChI is InChI=1S/C68H126N4O8/c1-17-25-33-61(9)43-51(44-62(10,69-61)34-26-18-2)77-57(73)41-55(59(75)79-53-47-65(13,37-29-21-5)71-66(14,48-53)38-30-22-6)56(60(76)80-54-49-67(15,39-31-23-7)72-68(16,50-54)40-32-24-8)42-58(74)78-52-45-63(11,35-27-19-3)70-64(12,46-52)36-28-20-4/h51-56,69-72H,17-50H2,1-16H3. The van der Waals surface area contributed by atoms with E-state index in [1.807, 2.05) is 0 Å². The Morgan fingerprint density at radius 2 is 0.475 bits per heavy atom. The van der Waals surface area contributed by atoms with Crippen molar-refractivity contribution in [3.05, 3.63) is 0 Å². The van der Waals surface area contributed by atoms with Gasteiger partial charge in [0.1, 0.15) is 24.4 Å². The van der Waals surface area contributed by atoms with Gasteiger partial charge in [0.25, 0.3) is 0 Å². The third-order valence-corrected chi connectivity index (χ3v) is 19.5. The summed E-state index contributed by atoms with van der Waals surface area (Å²) < 4.78 is 26.9. The Morgan fingerprint density at radius 1 is 0.312 bits per heavy atom. The average Bonchev–Trinajstić information content (AvgIpc) is 3.36. The predicted octanol–water partition coefficient (Wildman–Crippen LogP) is 15.8. The Hall–Kier alpha value is -2.28. The van der Waals surface area contributed by atoms with Gasteiger partial charge in [0.05, 0.1) is 24.7 Å². The van der Waals surface area contributed by atoms with Crippen LogP contribution in [-0.4, -0.2) is 92.6 Å². The number of carbonyl (C=O) groups excluding carboxylic acids is 4. The minimum absolute atomic E-state index is 0.250. The Kier molecular flexibility index (Phi) is 27.9. The van der Waals surface area contributed by atoms with Gasteiger partial charge < -0.3 is 40.2 Å². The van der Waals surface area contributed by atoms with Gasteiger partial charge in [0.2, 0.25) is 0 Å². The number of piperidine rings is 4. The fourth-order valence-corrected chi connectivity index (χ4v) is 15.9. The zero-order valence-electron chi connectivity index (χ0n) is 54.8. The molecule has 4 aliphatic heterocycles. The highest BCUT2D eigenvalue weighted by Gasteiger charge is 2.51. The lowest BCUT2D eigenvalue weighted by Gasteiger charge is -2.50. The molecule has 0 aromatic heterocycles. The molecule has 4 N–H and O–H groups in total. The Morgan fingerprint density at radius 3 is 0.637 bits per heavy atom. The third-order valence-electron chi connectivity index (χ3n) is 19.5. The maximum atomic E-state index is 15.7. The van der Waals surface area contributed by atoms with Crippen LogP contribution in [0.3, 0.4) is 0 Å². The first kappa shape index (κ1) is 70.2. The zero-order chi connectivity index (χ0) is 59.5. The van der Waals surface area contributed by atoms with Crippen molar-refractivity contribution < 1.29 is 38.1 Å². The van der Waals surface area contributed by atoms with Crippen LogP contribution in [0.5, 0.6) is 0 Å². The Labute approximate surface area is 490 Å². The maximum absolute atomic E-state index is 15.7. The van der Waals surface area contributed by atoms with Crippen molar-refractivity contribution in [2.24, 2.45) is 11.8 Å². The summed E-state index contributed by atoms with van der Waals surface area (Å²) >= 11 is 0. The molecule has 0 saturated carbocycles. The summed E-state index contributed by atoms with van der Waals surface area (Å²) in [7, 11) is 0. The Balaban J connectivity index is 1.85. The molecule has 10 atom stereocenters. The molecule has 4 aliphatic rings. The number of hydrogen-bond donors (Lipinski definition) is 4. The molecule has 0 amide bonds.